The van der Waals surface area contributed by atoms with Crippen LogP contribution in [0.4, 0.5) is 5.69 Å². The molecule has 6 nitrogen and oxygen atoms in total. The Hall–Kier alpha value is -1.99. The first-order valence-electron chi connectivity index (χ1n) is 7.99. The minimum Gasteiger partial charge on any atom is -0.455 e. The number of nitrogens with one attached hydrogen (secondary N) is 1. The highest BCUT2D eigenvalue weighted by Crippen LogP contribution is 2.27. The largest absolute Gasteiger partial charge is 0.455 e. The quantitative estimate of drug-likeness (QED) is 0.713. The number of benzene rings is 1. The van der Waals surface area contributed by atoms with Crippen LogP contribution in [0.3, 0.4) is 0 Å². The van der Waals surface area contributed by atoms with Crippen molar-refractivity contribution >= 4 is 40.9 Å². The van der Waals surface area contributed by atoms with E-state index in [1.165, 1.54) is 11.8 Å². The number of hydrogen-bond acceptors (Lipinski definition) is 6. The summed E-state index contributed by atoms with van der Waals surface area (Å²) < 4.78 is 10.1. The number of carbonyl (C=O) groups excluding carboxylic acids is 2. The molecule has 140 valence electrons. The van der Waals surface area contributed by atoms with Gasteiger partial charge < -0.3 is 14.6 Å². The van der Waals surface area contributed by atoms with Gasteiger partial charge in [0.05, 0.1) is 22.2 Å². The Bertz CT molecular complexity index is 777. The SMILES string of the molecule is Cc1cc(C)c(NC(=O)COC(=O)CSCc2c(C)noc2C)c(Cl)c1. The Labute approximate surface area is 161 Å². The van der Waals surface area contributed by atoms with Crippen LogP contribution in [-0.2, 0) is 20.1 Å². The van der Waals surface area contributed by atoms with E-state index in [9.17, 15) is 9.59 Å². The van der Waals surface area contributed by atoms with Gasteiger partial charge in [-0.25, -0.2) is 0 Å². The molecule has 0 radical (unpaired) electrons. The molecule has 1 N–H and O–H groups in total. The summed E-state index contributed by atoms with van der Waals surface area (Å²) in [6.45, 7) is 7.11. The van der Waals surface area contributed by atoms with Crippen LogP contribution in [-0.4, -0.2) is 29.4 Å². The first kappa shape index (κ1) is 20.3. The van der Waals surface area contributed by atoms with Gasteiger partial charge in [-0.1, -0.05) is 22.8 Å². The highest BCUT2D eigenvalue weighted by Gasteiger charge is 2.13. The first-order chi connectivity index (χ1) is 12.3. The molecule has 8 heteroatoms. The normalized spacial score (nSPS) is 10.7. The summed E-state index contributed by atoms with van der Waals surface area (Å²) in [5, 5.41) is 7.00. The molecule has 0 aliphatic heterocycles. The molecular formula is C18H21ClN2O4S. The fourth-order valence-corrected chi connectivity index (χ4v) is 3.72. The third-order valence-corrected chi connectivity index (χ3v) is 4.94. The Morgan fingerprint density at radius 3 is 2.62 bits per heavy atom. The topological polar surface area (TPSA) is 81.4 Å². The van der Waals surface area contributed by atoms with Gasteiger partial charge in [0, 0.05) is 11.3 Å². The van der Waals surface area contributed by atoms with E-state index in [-0.39, 0.29) is 12.4 Å². The molecule has 0 saturated heterocycles. The van der Waals surface area contributed by atoms with Gasteiger partial charge in [0.2, 0.25) is 0 Å². The molecule has 0 aliphatic carbocycles. The van der Waals surface area contributed by atoms with E-state index in [0.717, 1.165) is 28.1 Å². The van der Waals surface area contributed by atoms with Gasteiger partial charge in [0.25, 0.3) is 5.91 Å². The summed E-state index contributed by atoms with van der Waals surface area (Å²) in [5.74, 6) is 0.599. The number of rotatable bonds is 7. The molecule has 2 aromatic rings. The summed E-state index contributed by atoms with van der Waals surface area (Å²) in [7, 11) is 0. The molecule has 0 fully saturated rings. The van der Waals surface area contributed by atoms with Gasteiger partial charge in [0.15, 0.2) is 6.61 Å². The molecule has 0 saturated carbocycles. The van der Waals surface area contributed by atoms with Gasteiger partial charge in [-0.05, 0) is 44.9 Å². The molecule has 1 amide bonds. The van der Waals surface area contributed by atoms with E-state index < -0.39 is 11.9 Å². The second-order valence-corrected chi connectivity index (χ2v) is 7.34. The fraction of sp³-hybridized carbons (Fsp3) is 0.389. The number of amides is 1. The van der Waals surface area contributed by atoms with Crippen LogP contribution in [0.15, 0.2) is 16.7 Å². The molecule has 0 spiro atoms. The number of nitrogens with zero attached hydrogens (tertiary/aromatic N) is 1. The van der Waals surface area contributed by atoms with Crippen LogP contribution in [0.5, 0.6) is 0 Å². The van der Waals surface area contributed by atoms with Crippen molar-refractivity contribution in [3.8, 4) is 0 Å². The average Bonchev–Trinajstić information content (AvgIpc) is 2.88. The third kappa shape index (κ3) is 5.51. The second kappa shape index (κ2) is 9.09. The van der Waals surface area contributed by atoms with Crippen LogP contribution in [0, 0.1) is 27.7 Å². The van der Waals surface area contributed by atoms with E-state index in [1.807, 2.05) is 33.8 Å². The molecular weight excluding hydrogens is 376 g/mol. The van der Waals surface area contributed by atoms with Crippen molar-refractivity contribution in [2.24, 2.45) is 0 Å². The molecule has 1 heterocycles. The minimum absolute atomic E-state index is 0.141. The molecule has 0 bridgehead atoms. The molecule has 1 aromatic carbocycles. The van der Waals surface area contributed by atoms with E-state index in [0.29, 0.717) is 16.5 Å². The van der Waals surface area contributed by atoms with Crippen molar-refractivity contribution in [2.45, 2.75) is 33.4 Å². The number of anilines is 1. The highest BCUT2D eigenvalue weighted by atomic mass is 35.5. The summed E-state index contributed by atoms with van der Waals surface area (Å²) in [4.78, 5) is 23.8. The second-order valence-electron chi connectivity index (χ2n) is 5.94. The van der Waals surface area contributed by atoms with Crippen LogP contribution < -0.4 is 5.32 Å². The third-order valence-electron chi connectivity index (χ3n) is 3.71. The number of halogens is 1. The van der Waals surface area contributed by atoms with Crippen molar-refractivity contribution in [3.05, 3.63) is 45.3 Å². The lowest BCUT2D eigenvalue weighted by molar-refractivity contribution is -0.144. The predicted octanol–water partition coefficient (Wildman–Crippen LogP) is 3.98. The molecule has 1 aromatic heterocycles. The zero-order valence-electron chi connectivity index (χ0n) is 15.1. The van der Waals surface area contributed by atoms with Gasteiger partial charge in [-0.15, -0.1) is 11.8 Å². The Balaban J connectivity index is 1.76. The van der Waals surface area contributed by atoms with Crippen molar-refractivity contribution in [3.63, 3.8) is 0 Å². The van der Waals surface area contributed by atoms with E-state index >= 15 is 0 Å². The summed E-state index contributed by atoms with van der Waals surface area (Å²) >= 11 is 7.53. The number of carbonyl (C=O) groups is 2. The lowest BCUT2D eigenvalue weighted by atomic mass is 10.1. The van der Waals surface area contributed by atoms with Crippen LogP contribution >= 0.6 is 23.4 Å². The molecule has 2 rings (SSSR count). The number of ether oxygens (including phenoxy) is 1. The predicted molar refractivity (Wildman–Crippen MR) is 103 cm³/mol. The standard InChI is InChI=1S/C18H21ClN2O4S/c1-10-5-11(2)18(15(19)6-10)20-16(22)7-24-17(23)9-26-8-14-12(3)21-25-13(14)4/h5-6H,7-9H2,1-4H3,(H,20,22). The first-order valence-corrected chi connectivity index (χ1v) is 9.53. The van der Waals surface area contributed by atoms with Crippen molar-refractivity contribution in [2.75, 3.05) is 17.7 Å². The zero-order valence-corrected chi connectivity index (χ0v) is 16.7. The number of hydrogen-bond donors (Lipinski definition) is 1. The van der Waals surface area contributed by atoms with E-state index in [2.05, 4.69) is 10.5 Å². The van der Waals surface area contributed by atoms with Crippen LogP contribution in [0.25, 0.3) is 0 Å². The van der Waals surface area contributed by atoms with E-state index in [1.54, 1.807) is 6.07 Å². The molecule has 0 unspecified atom stereocenters. The van der Waals surface area contributed by atoms with Crippen molar-refractivity contribution < 1.29 is 18.8 Å². The molecule has 0 atom stereocenters. The molecule has 26 heavy (non-hydrogen) atoms. The van der Waals surface area contributed by atoms with Crippen LogP contribution in [0.2, 0.25) is 5.02 Å². The molecule has 0 aliphatic rings. The monoisotopic (exact) mass is 396 g/mol. The van der Waals surface area contributed by atoms with E-state index in [4.69, 9.17) is 20.9 Å². The summed E-state index contributed by atoms with van der Waals surface area (Å²) in [5.41, 5.74) is 4.18. The van der Waals surface area contributed by atoms with Gasteiger partial charge >= 0.3 is 5.97 Å². The number of aryl methyl sites for hydroxylation is 4. The maximum absolute atomic E-state index is 12.0. The van der Waals surface area contributed by atoms with Gasteiger partial charge in [0.1, 0.15) is 5.76 Å². The fourth-order valence-electron chi connectivity index (χ4n) is 2.38. The summed E-state index contributed by atoms with van der Waals surface area (Å²) in [6, 6.07) is 3.68. The Morgan fingerprint density at radius 2 is 2.00 bits per heavy atom. The van der Waals surface area contributed by atoms with Gasteiger partial charge in [-0.3, -0.25) is 9.59 Å². The number of thioether (sulfide) groups is 1. The number of aromatic nitrogens is 1. The highest BCUT2D eigenvalue weighted by molar-refractivity contribution is 7.99. The maximum atomic E-state index is 12.0. The average molecular weight is 397 g/mol. The minimum atomic E-state index is -0.455. The summed E-state index contributed by atoms with van der Waals surface area (Å²) in [6.07, 6.45) is 0. The smallest absolute Gasteiger partial charge is 0.316 e. The number of esters is 1. The lowest BCUT2D eigenvalue weighted by Gasteiger charge is -2.11. The van der Waals surface area contributed by atoms with Crippen molar-refractivity contribution in [1.29, 1.82) is 0 Å². The lowest BCUT2D eigenvalue weighted by Crippen LogP contribution is -2.22. The van der Waals surface area contributed by atoms with Gasteiger partial charge in [-0.2, -0.15) is 0 Å². The zero-order chi connectivity index (χ0) is 19.3. The Morgan fingerprint density at radius 1 is 1.27 bits per heavy atom. The van der Waals surface area contributed by atoms with Crippen molar-refractivity contribution in [1.82, 2.24) is 5.16 Å². The van der Waals surface area contributed by atoms with Crippen LogP contribution in [0.1, 0.15) is 28.1 Å². The maximum Gasteiger partial charge on any atom is 0.316 e. The Kier molecular flexibility index (Phi) is 7.11.